The minimum Gasteiger partial charge on any atom is -0.462 e. The van der Waals surface area contributed by atoms with Crippen LogP contribution < -0.4 is 0 Å². The number of ether oxygens (including phenoxy) is 1. The second-order valence-electron chi connectivity index (χ2n) is 12.6. The SMILES string of the molecule is C=C(CC(OC(C)=O)C(C)C1CCC(C2=CC(O)C3CC(O)CCC3(C)C2=O)C1(C)CCO)C(C)C. The number of aliphatic hydroxyl groups excluding tert-OH is 3. The van der Waals surface area contributed by atoms with Crippen LogP contribution in [0.5, 0.6) is 0 Å². The first-order valence-electron chi connectivity index (χ1n) is 13.8. The van der Waals surface area contributed by atoms with Gasteiger partial charge in [-0.1, -0.05) is 46.8 Å². The molecule has 0 bridgehead atoms. The molecule has 6 heteroatoms. The lowest BCUT2D eigenvalue weighted by atomic mass is 9.55. The van der Waals surface area contributed by atoms with E-state index in [0.717, 1.165) is 18.4 Å². The molecule has 0 aromatic rings. The number of aliphatic hydroxyl groups is 3. The Hall–Kier alpha value is -1.50. The first kappa shape index (κ1) is 29.1. The standard InChI is InChI=1S/C30H48O6/c1-17(2)18(3)14-27(36-20(5)32)19(4)23-8-9-24(29(23,6)12-13-31)22-16-26(34)25-15-21(33)10-11-30(25,7)28(22)35/h16-17,19,21,23-27,31,33-34H,3,8-15H2,1-2,4-7H3. The Kier molecular flexibility index (Phi) is 8.95. The molecule has 0 aliphatic heterocycles. The third kappa shape index (κ3) is 5.37. The van der Waals surface area contributed by atoms with Gasteiger partial charge in [-0.3, -0.25) is 9.59 Å². The van der Waals surface area contributed by atoms with Crippen LogP contribution in [0.3, 0.4) is 0 Å². The molecule has 36 heavy (non-hydrogen) atoms. The number of carbonyl (C=O) groups excluding carboxylic acids is 2. The van der Waals surface area contributed by atoms with E-state index < -0.39 is 17.6 Å². The lowest BCUT2D eigenvalue weighted by Crippen LogP contribution is -2.52. The molecule has 0 spiro atoms. The molecule has 2 fully saturated rings. The molecule has 9 unspecified atom stereocenters. The quantitative estimate of drug-likeness (QED) is 0.313. The summed E-state index contributed by atoms with van der Waals surface area (Å²) in [5.41, 5.74) is 0.670. The maximum absolute atomic E-state index is 14.0. The molecule has 204 valence electrons. The summed E-state index contributed by atoms with van der Waals surface area (Å²) in [6.07, 6.45) is 4.54. The summed E-state index contributed by atoms with van der Waals surface area (Å²) in [4.78, 5) is 26.0. The van der Waals surface area contributed by atoms with Gasteiger partial charge < -0.3 is 20.1 Å². The second kappa shape index (κ2) is 11.1. The number of Topliss-reactive ketones (excluding diaryl/α,β-unsaturated/α-hetero) is 1. The number of allylic oxidation sites excluding steroid dienone is 1. The summed E-state index contributed by atoms with van der Waals surface area (Å²) in [7, 11) is 0. The first-order chi connectivity index (χ1) is 16.8. The van der Waals surface area contributed by atoms with Crippen LogP contribution >= 0.6 is 0 Å². The fourth-order valence-corrected chi connectivity index (χ4v) is 7.64. The van der Waals surface area contributed by atoms with Crippen LogP contribution in [-0.2, 0) is 14.3 Å². The fourth-order valence-electron chi connectivity index (χ4n) is 7.64. The lowest BCUT2D eigenvalue weighted by Gasteiger charge is -2.49. The van der Waals surface area contributed by atoms with Crippen LogP contribution in [0, 0.1) is 40.4 Å². The van der Waals surface area contributed by atoms with Crippen LogP contribution in [0.1, 0.15) is 86.5 Å². The van der Waals surface area contributed by atoms with E-state index in [1.165, 1.54) is 6.92 Å². The van der Waals surface area contributed by atoms with Gasteiger partial charge in [-0.2, -0.15) is 0 Å². The normalized spacial score (nSPS) is 38.3. The topological polar surface area (TPSA) is 104 Å². The number of carbonyl (C=O) groups is 2. The monoisotopic (exact) mass is 504 g/mol. The van der Waals surface area contributed by atoms with Gasteiger partial charge in [-0.25, -0.2) is 0 Å². The number of hydrogen-bond acceptors (Lipinski definition) is 6. The minimum atomic E-state index is -0.768. The molecule has 0 radical (unpaired) electrons. The van der Waals surface area contributed by atoms with Crippen molar-refractivity contribution in [1.82, 2.24) is 0 Å². The smallest absolute Gasteiger partial charge is 0.302 e. The Morgan fingerprint density at radius 1 is 1.19 bits per heavy atom. The third-order valence-corrected chi connectivity index (χ3v) is 10.1. The minimum absolute atomic E-state index is 0.00324. The molecule has 0 aromatic carbocycles. The fraction of sp³-hybridized carbons (Fsp3) is 0.800. The zero-order valence-corrected chi connectivity index (χ0v) is 23.1. The van der Waals surface area contributed by atoms with Crippen LogP contribution in [0.15, 0.2) is 23.8 Å². The van der Waals surface area contributed by atoms with Gasteiger partial charge in [-0.05, 0) is 79.3 Å². The largest absolute Gasteiger partial charge is 0.462 e. The highest BCUT2D eigenvalue weighted by Crippen LogP contribution is 2.59. The average molecular weight is 505 g/mol. The maximum atomic E-state index is 14.0. The molecule has 3 aliphatic rings. The highest BCUT2D eigenvalue weighted by molar-refractivity contribution is 6.01. The van der Waals surface area contributed by atoms with E-state index in [2.05, 4.69) is 34.3 Å². The van der Waals surface area contributed by atoms with Crippen molar-refractivity contribution < 1.29 is 29.6 Å². The molecule has 0 aromatic heterocycles. The number of fused-ring (bicyclic) bond motifs is 1. The van der Waals surface area contributed by atoms with Crippen molar-refractivity contribution in [3.8, 4) is 0 Å². The molecule has 9 atom stereocenters. The third-order valence-electron chi connectivity index (χ3n) is 10.1. The maximum Gasteiger partial charge on any atom is 0.302 e. The molecule has 3 N–H and O–H groups in total. The molecule has 3 aliphatic carbocycles. The Bertz CT molecular complexity index is 877. The predicted octanol–water partition coefficient (Wildman–Crippen LogP) is 4.61. The van der Waals surface area contributed by atoms with E-state index in [0.29, 0.717) is 37.7 Å². The number of esters is 1. The molecule has 2 saturated carbocycles. The second-order valence-corrected chi connectivity index (χ2v) is 12.6. The highest BCUT2D eigenvalue weighted by atomic mass is 16.5. The van der Waals surface area contributed by atoms with Crippen LogP contribution in [0.2, 0.25) is 0 Å². The summed E-state index contributed by atoms with van der Waals surface area (Å²) in [6, 6.07) is 0. The van der Waals surface area contributed by atoms with Gasteiger partial charge in [-0.15, -0.1) is 0 Å². The molecule has 3 rings (SSSR count). The van der Waals surface area contributed by atoms with Crippen molar-refractivity contribution in [2.75, 3.05) is 6.61 Å². The van der Waals surface area contributed by atoms with Gasteiger partial charge >= 0.3 is 5.97 Å². The summed E-state index contributed by atoms with van der Waals surface area (Å²) in [5, 5.41) is 31.4. The summed E-state index contributed by atoms with van der Waals surface area (Å²) in [5.74, 6) is -0.148. The van der Waals surface area contributed by atoms with Gasteiger partial charge in [0, 0.05) is 31.3 Å². The van der Waals surface area contributed by atoms with Crippen LogP contribution in [0.25, 0.3) is 0 Å². The lowest BCUT2D eigenvalue weighted by molar-refractivity contribution is -0.151. The first-order valence-corrected chi connectivity index (χ1v) is 13.8. The highest BCUT2D eigenvalue weighted by Gasteiger charge is 2.57. The average Bonchev–Trinajstić information content (AvgIpc) is 3.12. The van der Waals surface area contributed by atoms with Crippen molar-refractivity contribution in [1.29, 1.82) is 0 Å². The van der Waals surface area contributed by atoms with E-state index in [-0.39, 0.29) is 59.5 Å². The van der Waals surface area contributed by atoms with E-state index in [4.69, 9.17) is 4.74 Å². The van der Waals surface area contributed by atoms with Crippen molar-refractivity contribution >= 4 is 11.8 Å². The Morgan fingerprint density at radius 2 is 1.86 bits per heavy atom. The van der Waals surface area contributed by atoms with Crippen molar-refractivity contribution in [3.63, 3.8) is 0 Å². The molecular weight excluding hydrogens is 456 g/mol. The van der Waals surface area contributed by atoms with Gasteiger partial charge in [0.05, 0.1) is 12.2 Å². The van der Waals surface area contributed by atoms with Crippen LogP contribution in [-0.4, -0.2) is 52.0 Å². The van der Waals surface area contributed by atoms with E-state index in [1.807, 2.05) is 6.92 Å². The summed E-state index contributed by atoms with van der Waals surface area (Å²) in [6.45, 7) is 16.1. The molecular formula is C30H48O6. The zero-order chi connectivity index (χ0) is 27.0. The number of ketones is 1. The van der Waals surface area contributed by atoms with E-state index >= 15 is 0 Å². The Morgan fingerprint density at radius 3 is 2.44 bits per heavy atom. The zero-order valence-electron chi connectivity index (χ0n) is 23.1. The summed E-state index contributed by atoms with van der Waals surface area (Å²) >= 11 is 0. The summed E-state index contributed by atoms with van der Waals surface area (Å²) < 4.78 is 5.83. The predicted molar refractivity (Wildman–Crippen MR) is 140 cm³/mol. The Balaban J connectivity index is 1.94. The van der Waals surface area contributed by atoms with Gasteiger partial charge in [0.2, 0.25) is 0 Å². The van der Waals surface area contributed by atoms with Crippen molar-refractivity contribution in [2.45, 2.75) is 105 Å². The number of rotatable bonds is 9. The molecule has 6 nitrogen and oxygen atoms in total. The van der Waals surface area contributed by atoms with Crippen molar-refractivity contribution in [2.24, 2.45) is 40.4 Å². The van der Waals surface area contributed by atoms with Gasteiger partial charge in [0.15, 0.2) is 5.78 Å². The molecule has 0 heterocycles. The van der Waals surface area contributed by atoms with E-state index in [1.54, 1.807) is 6.08 Å². The van der Waals surface area contributed by atoms with Crippen LogP contribution in [0.4, 0.5) is 0 Å². The Labute approximate surface area is 217 Å². The van der Waals surface area contributed by atoms with Gasteiger partial charge in [0.25, 0.3) is 0 Å². The van der Waals surface area contributed by atoms with Gasteiger partial charge in [0.1, 0.15) is 6.10 Å². The van der Waals surface area contributed by atoms with E-state index in [9.17, 15) is 24.9 Å². The van der Waals surface area contributed by atoms with Crippen molar-refractivity contribution in [3.05, 3.63) is 23.8 Å². The molecule has 0 amide bonds. The number of hydrogen-bond donors (Lipinski definition) is 3. The molecule has 0 saturated heterocycles.